The molecule has 1 saturated heterocycles. The van der Waals surface area contributed by atoms with Crippen molar-refractivity contribution in [3.05, 3.63) is 58.1 Å². The van der Waals surface area contributed by atoms with E-state index in [2.05, 4.69) is 9.88 Å². The number of aryl methyl sites for hydroxylation is 1. The molecule has 2 aromatic heterocycles. The second-order valence-electron chi connectivity index (χ2n) is 6.98. The number of pyridine rings is 2. The van der Waals surface area contributed by atoms with E-state index in [1.165, 1.54) is 12.1 Å². The fraction of sp³-hybridized carbons (Fsp3) is 0.300. The number of anilines is 1. The van der Waals surface area contributed by atoms with E-state index >= 15 is 0 Å². The van der Waals surface area contributed by atoms with E-state index in [0.29, 0.717) is 18.7 Å². The Morgan fingerprint density at radius 1 is 1.11 bits per heavy atom. The van der Waals surface area contributed by atoms with Crippen molar-refractivity contribution in [1.82, 2.24) is 14.5 Å². The summed E-state index contributed by atoms with van der Waals surface area (Å²) in [4.78, 5) is 21.0. The molecule has 1 fully saturated rings. The van der Waals surface area contributed by atoms with Gasteiger partial charge in [0.1, 0.15) is 5.75 Å². The van der Waals surface area contributed by atoms with E-state index in [-0.39, 0.29) is 22.4 Å². The molecule has 4 rings (SSSR count). The van der Waals surface area contributed by atoms with Gasteiger partial charge < -0.3 is 19.5 Å². The van der Waals surface area contributed by atoms with Gasteiger partial charge in [0.25, 0.3) is 0 Å². The Hall–Kier alpha value is -2.93. The van der Waals surface area contributed by atoms with Gasteiger partial charge in [0.2, 0.25) is 0 Å². The number of phenolic OH excluding ortho intramolecular Hbond substituents is 1. The van der Waals surface area contributed by atoms with Crippen molar-refractivity contribution >= 4 is 16.9 Å². The van der Waals surface area contributed by atoms with Gasteiger partial charge in [-0.15, -0.1) is 0 Å². The van der Waals surface area contributed by atoms with E-state index < -0.39 is 5.82 Å². The molecule has 1 aliphatic rings. The molecule has 0 radical (unpaired) electrons. The first-order valence-electron chi connectivity index (χ1n) is 8.89. The van der Waals surface area contributed by atoms with Crippen molar-refractivity contribution < 1.29 is 9.50 Å². The Labute approximate surface area is 156 Å². The van der Waals surface area contributed by atoms with Crippen LogP contribution in [0.5, 0.6) is 5.75 Å². The summed E-state index contributed by atoms with van der Waals surface area (Å²) in [5, 5.41) is 9.92. The molecule has 0 atom stereocenters. The highest BCUT2D eigenvalue weighted by molar-refractivity contribution is 5.79. The first kappa shape index (κ1) is 17.5. The summed E-state index contributed by atoms with van der Waals surface area (Å²) >= 11 is 0. The van der Waals surface area contributed by atoms with Gasteiger partial charge in [-0.3, -0.25) is 4.79 Å². The molecule has 3 heterocycles. The van der Waals surface area contributed by atoms with Gasteiger partial charge in [0, 0.05) is 38.4 Å². The molecule has 0 spiro atoms. The maximum Gasteiger partial charge on any atom is 0.191 e. The fourth-order valence-corrected chi connectivity index (χ4v) is 3.48. The van der Waals surface area contributed by atoms with E-state index in [4.69, 9.17) is 0 Å². The van der Waals surface area contributed by atoms with Crippen molar-refractivity contribution in [2.24, 2.45) is 0 Å². The lowest BCUT2D eigenvalue weighted by Crippen LogP contribution is -2.45. The molecule has 0 aliphatic carbocycles. The lowest BCUT2D eigenvalue weighted by molar-refractivity contribution is 0.311. The molecule has 0 amide bonds. The number of aromatic nitrogens is 2. The minimum absolute atomic E-state index is 0.165. The average Bonchev–Trinajstić information content (AvgIpc) is 2.64. The molecule has 0 bridgehead atoms. The lowest BCUT2D eigenvalue weighted by Gasteiger charge is -2.33. The first-order chi connectivity index (χ1) is 12.9. The largest absolute Gasteiger partial charge is 0.508 e. The molecule has 1 aromatic carbocycles. The predicted molar refractivity (Wildman–Crippen MR) is 103 cm³/mol. The highest BCUT2D eigenvalue weighted by Gasteiger charge is 2.21. The molecule has 1 N–H and O–H groups in total. The fourth-order valence-electron chi connectivity index (χ4n) is 3.48. The van der Waals surface area contributed by atoms with Crippen LogP contribution in [0.25, 0.3) is 16.7 Å². The van der Waals surface area contributed by atoms with Gasteiger partial charge in [-0.05, 0) is 43.8 Å². The number of phenols is 1. The summed E-state index contributed by atoms with van der Waals surface area (Å²) in [5.74, 6) is -0.0468. The van der Waals surface area contributed by atoms with Crippen LogP contribution in [0.2, 0.25) is 0 Å². The number of nitrogens with zero attached hydrogens (tertiary/aromatic N) is 4. The maximum absolute atomic E-state index is 14.7. The Balaban J connectivity index is 1.91. The van der Waals surface area contributed by atoms with Gasteiger partial charge in [-0.25, -0.2) is 9.37 Å². The molecule has 3 aromatic rings. The topological polar surface area (TPSA) is 61.6 Å². The van der Waals surface area contributed by atoms with Gasteiger partial charge >= 0.3 is 0 Å². The summed E-state index contributed by atoms with van der Waals surface area (Å²) in [6.45, 7) is 4.89. The molecule has 0 saturated carbocycles. The number of fused-ring (bicyclic) bond motifs is 1. The Morgan fingerprint density at radius 3 is 2.56 bits per heavy atom. The summed E-state index contributed by atoms with van der Waals surface area (Å²) in [5.41, 5.74) is 1.74. The van der Waals surface area contributed by atoms with Crippen LogP contribution in [0.4, 0.5) is 10.2 Å². The molecule has 7 heteroatoms. The molecule has 1 aliphatic heterocycles. The van der Waals surface area contributed by atoms with Crippen LogP contribution in [-0.4, -0.2) is 52.8 Å². The number of hydrogen-bond acceptors (Lipinski definition) is 5. The smallest absolute Gasteiger partial charge is 0.191 e. The number of halogens is 1. The number of piperazine rings is 1. The minimum atomic E-state index is -0.482. The third-order valence-corrected chi connectivity index (χ3v) is 5.05. The van der Waals surface area contributed by atoms with E-state index in [1.54, 1.807) is 29.0 Å². The highest BCUT2D eigenvalue weighted by Crippen LogP contribution is 2.26. The third-order valence-electron chi connectivity index (χ3n) is 5.05. The van der Waals surface area contributed by atoms with Gasteiger partial charge in [0.15, 0.2) is 22.7 Å². The zero-order valence-corrected chi connectivity index (χ0v) is 15.3. The number of benzene rings is 1. The quantitative estimate of drug-likeness (QED) is 0.752. The monoisotopic (exact) mass is 368 g/mol. The van der Waals surface area contributed by atoms with E-state index in [1.807, 2.05) is 18.9 Å². The number of hydrogen-bond donors (Lipinski definition) is 1. The molecule has 140 valence electrons. The summed E-state index contributed by atoms with van der Waals surface area (Å²) in [6.07, 6.45) is 1.64. The zero-order chi connectivity index (χ0) is 19.1. The van der Waals surface area contributed by atoms with Crippen LogP contribution in [0, 0.1) is 12.7 Å². The zero-order valence-electron chi connectivity index (χ0n) is 15.3. The summed E-state index contributed by atoms with van der Waals surface area (Å²) in [6, 6.07) is 7.67. The normalized spacial score (nSPS) is 15.4. The van der Waals surface area contributed by atoms with Gasteiger partial charge in [-0.2, -0.15) is 0 Å². The van der Waals surface area contributed by atoms with Crippen molar-refractivity contribution in [1.29, 1.82) is 0 Å². The van der Waals surface area contributed by atoms with Crippen molar-refractivity contribution in [2.45, 2.75) is 6.92 Å². The predicted octanol–water partition coefficient (Wildman–Crippen LogP) is 2.29. The average molecular weight is 368 g/mol. The van der Waals surface area contributed by atoms with Crippen molar-refractivity contribution in [3.63, 3.8) is 0 Å². The number of likely N-dealkylation sites (N-methyl/N-ethyl adjacent to an activating group) is 1. The highest BCUT2D eigenvalue weighted by atomic mass is 19.1. The SMILES string of the molecule is Cc1cc(O)ccc1-n1ccc(=O)c2cc(F)c(N3CCN(C)CC3)nc21. The second kappa shape index (κ2) is 6.66. The molecule has 27 heavy (non-hydrogen) atoms. The molecular weight excluding hydrogens is 347 g/mol. The van der Waals surface area contributed by atoms with Crippen LogP contribution in [0.15, 0.2) is 41.3 Å². The van der Waals surface area contributed by atoms with Crippen LogP contribution in [0.3, 0.4) is 0 Å². The first-order valence-corrected chi connectivity index (χ1v) is 8.89. The molecular formula is C20H21FN4O2. The van der Waals surface area contributed by atoms with Crippen molar-refractivity contribution in [2.75, 3.05) is 38.1 Å². The van der Waals surface area contributed by atoms with E-state index in [0.717, 1.165) is 24.3 Å². The van der Waals surface area contributed by atoms with Crippen LogP contribution >= 0.6 is 0 Å². The summed E-state index contributed by atoms with van der Waals surface area (Å²) in [7, 11) is 2.03. The van der Waals surface area contributed by atoms with Crippen molar-refractivity contribution in [3.8, 4) is 11.4 Å². The number of rotatable bonds is 2. The maximum atomic E-state index is 14.7. The second-order valence-corrected chi connectivity index (χ2v) is 6.98. The lowest BCUT2D eigenvalue weighted by atomic mass is 10.1. The molecule has 0 unspecified atom stereocenters. The van der Waals surface area contributed by atoms with Gasteiger partial charge in [-0.1, -0.05) is 0 Å². The Morgan fingerprint density at radius 2 is 1.85 bits per heavy atom. The van der Waals surface area contributed by atoms with Gasteiger partial charge in [0.05, 0.1) is 11.1 Å². The summed E-state index contributed by atoms with van der Waals surface area (Å²) < 4.78 is 16.5. The van der Waals surface area contributed by atoms with Crippen LogP contribution in [0.1, 0.15) is 5.56 Å². The third kappa shape index (κ3) is 3.14. The van der Waals surface area contributed by atoms with Crippen LogP contribution < -0.4 is 10.3 Å². The Bertz CT molecular complexity index is 1070. The minimum Gasteiger partial charge on any atom is -0.508 e. The molecule has 6 nitrogen and oxygen atoms in total. The Kier molecular flexibility index (Phi) is 4.31. The number of aromatic hydroxyl groups is 1. The standard InChI is InChI=1S/C20H21FN4O2/c1-13-11-14(26)3-4-17(13)25-6-5-18(27)15-12-16(21)20(22-19(15)25)24-9-7-23(2)8-10-24/h3-6,11-12,26H,7-10H2,1-2H3. The van der Waals surface area contributed by atoms with E-state index in [9.17, 15) is 14.3 Å². The van der Waals surface area contributed by atoms with Crippen LogP contribution in [-0.2, 0) is 0 Å².